The van der Waals surface area contributed by atoms with Crippen LogP contribution in [0, 0.1) is 0 Å². The third kappa shape index (κ3) is 2.85. The molecule has 0 aliphatic rings. The van der Waals surface area contributed by atoms with E-state index in [4.69, 9.17) is 4.74 Å². The van der Waals surface area contributed by atoms with E-state index in [1.807, 2.05) is 10.8 Å². The minimum Gasteiger partial charge on any atom is -0.465 e. The molecule has 0 atom stereocenters. The number of carbonyl (C=O) groups excluding carboxylic acids is 1. The van der Waals surface area contributed by atoms with E-state index in [0.29, 0.717) is 17.9 Å². The van der Waals surface area contributed by atoms with E-state index in [1.165, 1.54) is 7.11 Å². The lowest BCUT2D eigenvalue weighted by Gasteiger charge is -2.09. The Morgan fingerprint density at radius 2 is 2.39 bits per heavy atom. The molecule has 0 bridgehead atoms. The monoisotopic (exact) mass is 246 g/mol. The van der Waals surface area contributed by atoms with E-state index in [9.17, 15) is 4.79 Å². The van der Waals surface area contributed by atoms with Gasteiger partial charge >= 0.3 is 5.97 Å². The molecule has 1 N–H and O–H groups in total. The van der Waals surface area contributed by atoms with Crippen molar-refractivity contribution in [3.05, 3.63) is 42.6 Å². The minimum atomic E-state index is -0.395. The fraction of sp³-hybridized carbons (Fsp3) is 0.250. The first-order chi connectivity index (χ1) is 8.81. The number of nitrogens with zero attached hydrogens (tertiary/aromatic N) is 3. The number of esters is 1. The number of nitrogens with one attached hydrogen (secondary N) is 1. The topological polar surface area (TPSA) is 69.0 Å². The number of carbonyl (C=O) groups is 1. The largest absolute Gasteiger partial charge is 0.465 e. The Labute approximate surface area is 105 Å². The molecular weight excluding hydrogens is 232 g/mol. The molecule has 0 spiro atoms. The lowest BCUT2D eigenvalue weighted by molar-refractivity contribution is 0.0601. The van der Waals surface area contributed by atoms with Gasteiger partial charge in [-0.25, -0.2) is 14.8 Å². The van der Waals surface area contributed by atoms with Crippen molar-refractivity contribution in [2.75, 3.05) is 19.0 Å². The number of imidazole rings is 1. The Balaban J connectivity index is 1.98. The number of pyridine rings is 1. The summed E-state index contributed by atoms with van der Waals surface area (Å²) >= 11 is 0. The molecule has 94 valence electrons. The van der Waals surface area contributed by atoms with Crippen molar-refractivity contribution in [1.29, 1.82) is 0 Å². The van der Waals surface area contributed by atoms with Gasteiger partial charge in [-0.15, -0.1) is 0 Å². The van der Waals surface area contributed by atoms with Crippen LogP contribution in [0.4, 0.5) is 5.82 Å². The zero-order valence-electron chi connectivity index (χ0n) is 10.0. The van der Waals surface area contributed by atoms with Crippen molar-refractivity contribution in [1.82, 2.24) is 14.5 Å². The maximum Gasteiger partial charge on any atom is 0.341 e. The molecule has 2 aromatic heterocycles. The van der Waals surface area contributed by atoms with Crippen LogP contribution in [0.25, 0.3) is 0 Å². The molecule has 0 unspecified atom stereocenters. The first kappa shape index (κ1) is 12.1. The summed E-state index contributed by atoms with van der Waals surface area (Å²) in [5.41, 5.74) is 0.436. The molecular formula is C12H14N4O2. The van der Waals surface area contributed by atoms with Crippen molar-refractivity contribution < 1.29 is 9.53 Å². The van der Waals surface area contributed by atoms with Gasteiger partial charge in [0.05, 0.1) is 13.4 Å². The number of rotatable bonds is 5. The van der Waals surface area contributed by atoms with Crippen LogP contribution >= 0.6 is 0 Å². The van der Waals surface area contributed by atoms with Crippen LogP contribution in [-0.2, 0) is 11.3 Å². The summed E-state index contributed by atoms with van der Waals surface area (Å²) in [7, 11) is 1.35. The molecule has 2 rings (SSSR count). The maximum atomic E-state index is 11.5. The SMILES string of the molecule is COC(=O)c1cccnc1NCCn1ccnc1. The Morgan fingerprint density at radius 3 is 3.11 bits per heavy atom. The van der Waals surface area contributed by atoms with E-state index in [-0.39, 0.29) is 0 Å². The second-order valence-electron chi connectivity index (χ2n) is 3.62. The fourth-order valence-electron chi connectivity index (χ4n) is 1.54. The molecule has 18 heavy (non-hydrogen) atoms. The second-order valence-corrected chi connectivity index (χ2v) is 3.62. The van der Waals surface area contributed by atoms with Crippen LogP contribution in [0.1, 0.15) is 10.4 Å². The van der Waals surface area contributed by atoms with Crippen LogP contribution in [0.15, 0.2) is 37.1 Å². The first-order valence-electron chi connectivity index (χ1n) is 5.54. The molecule has 2 heterocycles. The van der Waals surface area contributed by atoms with Crippen molar-refractivity contribution in [3.63, 3.8) is 0 Å². The van der Waals surface area contributed by atoms with Crippen LogP contribution in [0.3, 0.4) is 0 Å². The van der Waals surface area contributed by atoms with Crippen molar-refractivity contribution >= 4 is 11.8 Å². The molecule has 0 aliphatic heterocycles. The molecule has 0 aromatic carbocycles. The molecule has 0 fully saturated rings. The first-order valence-corrected chi connectivity index (χ1v) is 5.54. The van der Waals surface area contributed by atoms with Gasteiger partial charge in [0.25, 0.3) is 0 Å². The Morgan fingerprint density at radius 1 is 1.50 bits per heavy atom. The number of ether oxygens (including phenoxy) is 1. The molecule has 0 saturated carbocycles. The van der Waals surface area contributed by atoms with Crippen LogP contribution in [0.5, 0.6) is 0 Å². The average Bonchev–Trinajstić information content (AvgIpc) is 2.92. The van der Waals surface area contributed by atoms with Gasteiger partial charge in [0, 0.05) is 31.7 Å². The standard InChI is InChI=1S/C12H14N4O2/c1-18-12(17)10-3-2-4-14-11(10)15-6-8-16-7-5-13-9-16/h2-5,7,9H,6,8H2,1H3,(H,14,15). The average molecular weight is 246 g/mol. The smallest absolute Gasteiger partial charge is 0.341 e. The highest BCUT2D eigenvalue weighted by molar-refractivity contribution is 5.94. The normalized spacial score (nSPS) is 10.1. The van der Waals surface area contributed by atoms with Crippen LogP contribution < -0.4 is 5.32 Å². The minimum absolute atomic E-state index is 0.395. The Kier molecular flexibility index (Phi) is 3.90. The van der Waals surface area contributed by atoms with Gasteiger partial charge in [-0.3, -0.25) is 0 Å². The van der Waals surface area contributed by atoms with Crippen molar-refractivity contribution in [2.24, 2.45) is 0 Å². The fourth-order valence-corrected chi connectivity index (χ4v) is 1.54. The third-order valence-corrected chi connectivity index (χ3v) is 2.43. The maximum absolute atomic E-state index is 11.5. The quantitative estimate of drug-likeness (QED) is 0.802. The van der Waals surface area contributed by atoms with E-state index in [2.05, 4.69) is 15.3 Å². The molecule has 0 saturated heterocycles. The summed E-state index contributed by atoms with van der Waals surface area (Å²) < 4.78 is 6.63. The van der Waals surface area contributed by atoms with E-state index >= 15 is 0 Å². The summed E-state index contributed by atoms with van der Waals surface area (Å²) in [5, 5.41) is 3.11. The van der Waals surface area contributed by atoms with E-state index in [0.717, 1.165) is 6.54 Å². The van der Waals surface area contributed by atoms with Gasteiger partial charge < -0.3 is 14.6 Å². The molecule has 6 heteroatoms. The summed E-state index contributed by atoms with van der Waals surface area (Å²) in [4.78, 5) is 19.6. The van der Waals surface area contributed by atoms with Gasteiger partial charge in [-0.05, 0) is 12.1 Å². The highest BCUT2D eigenvalue weighted by Gasteiger charge is 2.11. The summed E-state index contributed by atoms with van der Waals surface area (Å²) in [6, 6.07) is 3.38. The summed E-state index contributed by atoms with van der Waals surface area (Å²) in [6.45, 7) is 1.40. The lowest BCUT2D eigenvalue weighted by atomic mass is 10.2. The summed E-state index contributed by atoms with van der Waals surface area (Å²) in [5.74, 6) is 0.137. The van der Waals surface area contributed by atoms with Crippen molar-refractivity contribution in [3.8, 4) is 0 Å². The van der Waals surface area contributed by atoms with E-state index in [1.54, 1.807) is 30.9 Å². The predicted octanol–water partition coefficient (Wildman–Crippen LogP) is 1.18. The Hall–Kier alpha value is -2.37. The number of anilines is 1. The zero-order valence-corrected chi connectivity index (χ0v) is 10.0. The third-order valence-electron chi connectivity index (χ3n) is 2.43. The Bertz CT molecular complexity index is 511. The van der Waals surface area contributed by atoms with Gasteiger partial charge in [0.1, 0.15) is 11.4 Å². The zero-order chi connectivity index (χ0) is 12.8. The van der Waals surface area contributed by atoms with Gasteiger partial charge in [-0.2, -0.15) is 0 Å². The predicted molar refractivity (Wildman–Crippen MR) is 66.3 cm³/mol. The molecule has 0 amide bonds. The molecule has 0 aliphatic carbocycles. The number of methoxy groups -OCH3 is 1. The van der Waals surface area contributed by atoms with Crippen molar-refractivity contribution in [2.45, 2.75) is 6.54 Å². The number of aromatic nitrogens is 3. The van der Waals surface area contributed by atoms with E-state index < -0.39 is 5.97 Å². The molecule has 6 nitrogen and oxygen atoms in total. The van der Waals surface area contributed by atoms with Crippen LogP contribution in [0.2, 0.25) is 0 Å². The van der Waals surface area contributed by atoms with Crippen LogP contribution in [-0.4, -0.2) is 34.2 Å². The number of hydrogen-bond acceptors (Lipinski definition) is 5. The van der Waals surface area contributed by atoms with Gasteiger partial charge in [0.15, 0.2) is 0 Å². The van der Waals surface area contributed by atoms with Gasteiger partial charge in [-0.1, -0.05) is 0 Å². The second kappa shape index (κ2) is 5.81. The highest BCUT2D eigenvalue weighted by atomic mass is 16.5. The lowest BCUT2D eigenvalue weighted by Crippen LogP contribution is -2.14. The molecule has 2 aromatic rings. The van der Waals surface area contributed by atoms with Gasteiger partial charge in [0.2, 0.25) is 0 Å². The summed E-state index contributed by atoms with van der Waals surface area (Å²) in [6.07, 6.45) is 6.97. The number of hydrogen-bond donors (Lipinski definition) is 1. The molecule has 0 radical (unpaired) electrons. The highest BCUT2D eigenvalue weighted by Crippen LogP contribution is 2.12.